The Labute approximate surface area is 137 Å². The zero-order valence-corrected chi connectivity index (χ0v) is 13.2. The Hall–Kier alpha value is -2.86. The number of hydrazone groups is 1. The predicted molar refractivity (Wildman–Crippen MR) is 93.4 cm³/mol. The second kappa shape index (κ2) is 6.93. The van der Waals surface area contributed by atoms with Crippen molar-refractivity contribution in [2.24, 2.45) is 5.10 Å². The number of ether oxygens (including phenoxy) is 1. The van der Waals surface area contributed by atoms with Gasteiger partial charge in [0.2, 0.25) is 5.13 Å². The molecule has 23 heavy (non-hydrogen) atoms. The van der Waals surface area contributed by atoms with Gasteiger partial charge in [0.1, 0.15) is 11.5 Å². The Morgan fingerprint density at radius 2 is 1.87 bits per heavy atom. The summed E-state index contributed by atoms with van der Waals surface area (Å²) in [5.74, 6) is 1.06. The summed E-state index contributed by atoms with van der Waals surface area (Å²) in [6.45, 7) is 0. The molecule has 0 amide bonds. The fraction of sp³-hybridized carbons (Fsp3) is 0.0588. The van der Waals surface area contributed by atoms with Gasteiger partial charge in [-0.3, -0.25) is 5.43 Å². The van der Waals surface area contributed by atoms with Crippen LogP contribution < -0.4 is 10.2 Å². The van der Waals surface area contributed by atoms with Crippen LogP contribution in [0.4, 0.5) is 5.13 Å². The first-order valence-electron chi connectivity index (χ1n) is 6.92. The topological polar surface area (TPSA) is 66.7 Å². The molecule has 0 aliphatic heterocycles. The van der Waals surface area contributed by atoms with Gasteiger partial charge >= 0.3 is 0 Å². The van der Waals surface area contributed by atoms with E-state index in [2.05, 4.69) is 15.5 Å². The molecule has 3 rings (SSSR count). The van der Waals surface area contributed by atoms with Crippen LogP contribution in [0.2, 0.25) is 0 Å². The van der Waals surface area contributed by atoms with E-state index in [0.29, 0.717) is 5.13 Å². The van der Waals surface area contributed by atoms with E-state index >= 15 is 0 Å². The third-order valence-electron chi connectivity index (χ3n) is 3.16. The number of aromatic hydroxyl groups is 1. The van der Waals surface area contributed by atoms with E-state index in [9.17, 15) is 5.11 Å². The normalized spacial score (nSPS) is 10.8. The highest BCUT2D eigenvalue weighted by molar-refractivity contribution is 7.14. The first-order chi connectivity index (χ1) is 11.2. The van der Waals surface area contributed by atoms with E-state index in [1.807, 2.05) is 29.6 Å². The van der Waals surface area contributed by atoms with Crippen LogP contribution in [0.1, 0.15) is 5.56 Å². The Morgan fingerprint density at radius 1 is 1.13 bits per heavy atom. The lowest BCUT2D eigenvalue weighted by molar-refractivity contribution is 0.415. The Morgan fingerprint density at radius 3 is 2.57 bits per heavy atom. The number of phenols is 1. The predicted octanol–water partition coefficient (Wildman–Crippen LogP) is 3.97. The van der Waals surface area contributed by atoms with Crippen LogP contribution >= 0.6 is 11.3 Å². The van der Waals surface area contributed by atoms with E-state index in [1.165, 1.54) is 11.3 Å². The number of nitrogens with zero attached hydrogens (tertiary/aromatic N) is 2. The molecule has 1 heterocycles. The van der Waals surface area contributed by atoms with Crippen LogP contribution in [0, 0.1) is 0 Å². The standard InChI is InChI=1S/C17H15N3O2S/c1-22-15-8-4-13(5-9-15)16-11-23-17(19-16)20-18-10-12-2-6-14(21)7-3-12/h2-11,21H,1H3,(H,19,20)/b18-10-. The highest BCUT2D eigenvalue weighted by atomic mass is 32.1. The minimum Gasteiger partial charge on any atom is -0.508 e. The van der Waals surface area contributed by atoms with Gasteiger partial charge in [-0.25, -0.2) is 4.98 Å². The van der Waals surface area contributed by atoms with Gasteiger partial charge in [-0.1, -0.05) is 0 Å². The molecule has 116 valence electrons. The van der Waals surface area contributed by atoms with Crippen LogP contribution in [0.25, 0.3) is 11.3 Å². The second-order valence-electron chi connectivity index (χ2n) is 4.73. The Kier molecular flexibility index (Phi) is 4.54. The molecule has 0 radical (unpaired) electrons. The zero-order valence-electron chi connectivity index (χ0n) is 12.4. The maximum absolute atomic E-state index is 9.23. The monoisotopic (exact) mass is 325 g/mol. The minimum absolute atomic E-state index is 0.235. The van der Waals surface area contributed by atoms with E-state index in [-0.39, 0.29) is 5.75 Å². The molecule has 0 aliphatic carbocycles. The third kappa shape index (κ3) is 3.87. The number of rotatable bonds is 5. The van der Waals surface area contributed by atoms with Gasteiger partial charge in [0.25, 0.3) is 0 Å². The van der Waals surface area contributed by atoms with Crippen molar-refractivity contribution in [2.75, 3.05) is 12.5 Å². The van der Waals surface area contributed by atoms with Crippen molar-refractivity contribution in [3.63, 3.8) is 0 Å². The van der Waals surface area contributed by atoms with Crippen LogP contribution in [-0.4, -0.2) is 23.4 Å². The fourth-order valence-electron chi connectivity index (χ4n) is 1.94. The summed E-state index contributed by atoms with van der Waals surface area (Å²) >= 11 is 1.48. The van der Waals surface area contributed by atoms with Crippen molar-refractivity contribution < 1.29 is 9.84 Å². The molecule has 0 saturated carbocycles. The smallest absolute Gasteiger partial charge is 0.203 e. The van der Waals surface area contributed by atoms with Crippen LogP contribution in [0.5, 0.6) is 11.5 Å². The zero-order chi connectivity index (χ0) is 16.1. The average molecular weight is 325 g/mol. The van der Waals surface area contributed by atoms with Crippen LogP contribution in [0.3, 0.4) is 0 Å². The molecule has 0 saturated heterocycles. The third-order valence-corrected chi connectivity index (χ3v) is 3.90. The molecule has 0 bridgehead atoms. The molecule has 2 aromatic carbocycles. The van der Waals surface area contributed by atoms with Crippen molar-refractivity contribution in [2.45, 2.75) is 0 Å². The molecule has 0 spiro atoms. The quantitative estimate of drug-likeness (QED) is 0.550. The first-order valence-corrected chi connectivity index (χ1v) is 7.80. The number of phenolic OH excluding ortho intramolecular Hbond substituents is 1. The summed E-state index contributed by atoms with van der Waals surface area (Å²) in [5, 5.41) is 16.1. The second-order valence-corrected chi connectivity index (χ2v) is 5.59. The van der Waals surface area contributed by atoms with E-state index in [1.54, 1.807) is 37.6 Å². The molecule has 3 aromatic rings. The van der Waals surface area contributed by atoms with Gasteiger partial charge in [0.15, 0.2) is 0 Å². The fourth-order valence-corrected chi connectivity index (χ4v) is 2.61. The number of hydrogen-bond donors (Lipinski definition) is 2. The molecule has 0 atom stereocenters. The van der Waals surface area contributed by atoms with Crippen molar-refractivity contribution in [1.29, 1.82) is 0 Å². The average Bonchev–Trinajstić information content (AvgIpc) is 3.06. The van der Waals surface area contributed by atoms with Crippen molar-refractivity contribution in [1.82, 2.24) is 4.98 Å². The molecule has 0 aliphatic rings. The van der Waals surface area contributed by atoms with Gasteiger partial charge in [-0.2, -0.15) is 5.10 Å². The molecule has 0 fully saturated rings. The molecule has 6 heteroatoms. The summed E-state index contributed by atoms with van der Waals surface area (Å²) in [5.41, 5.74) is 5.72. The largest absolute Gasteiger partial charge is 0.508 e. The number of aromatic nitrogens is 1. The van der Waals surface area contributed by atoms with Crippen molar-refractivity contribution in [3.8, 4) is 22.8 Å². The van der Waals surface area contributed by atoms with Gasteiger partial charge in [0.05, 0.1) is 19.0 Å². The van der Waals surface area contributed by atoms with E-state index in [4.69, 9.17) is 4.74 Å². The summed E-state index contributed by atoms with van der Waals surface area (Å²) in [4.78, 5) is 4.49. The van der Waals surface area contributed by atoms with E-state index in [0.717, 1.165) is 22.6 Å². The summed E-state index contributed by atoms with van der Waals surface area (Å²) in [6, 6.07) is 14.6. The number of methoxy groups -OCH3 is 1. The van der Waals surface area contributed by atoms with Gasteiger partial charge in [-0.05, 0) is 54.1 Å². The number of hydrogen-bond acceptors (Lipinski definition) is 6. The summed E-state index contributed by atoms with van der Waals surface area (Å²) in [7, 11) is 1.64. The van der Waals surface area contributed by atoms with Crippen molar-refractivity contribution in [3.05, 3.63) is 59.5 Å². The molecule has 2 N–H and O–H groups in total. The molecule has 0 unspecified atom stereocenters. The SMILES string of the molecule is COc1ccc(-c2csc(N/N=C\c3ccc(O)cc3)n2)cc1. The van der Waals surface area contributed by atoms with Gasteiger partial charge < -0.3 is 9.84 Å². The summed E-state index contributed by atoms with van der Waals surface area (Å²) in [6.07, 6.45) is 1.67. The lowest BCUT2D eigenvalue weighted by Gasteiger charge is -2.00. The molecule has 1 aromatic heterocycles. The Bertz CT molecular complexity index is 795. The summed E-state index contributed by atoms with van der Waals surface area (Å²) < 4.78 is 5.15. The number of benzene rings is 2. The highest BCUT2D eigenvalue weighted by Crippen LogP contribution is 2.26. The van der Waals surface area contributed by atoms with Gasteiger partial charge in [0, 0.05) is 10.9 Å². The Balaban J connectivity index is 1.65. The number of thiazole rings is 1. The maximum atomic E-state index is 9.23. The maximum Gasteiger partial charge on any atom is 0.203 e. The van der Waals surface area contributed by atoms with E-state index < -0.39 is 0 Å². The van der Waals surface area contributed by atoms with Crippen LogP contribution in [-0.2, 0) is 0 Å². The lowest BCUT2D eigenvalue weighted by atomic mass is 10.2. The van der Waals surface area contributed by atoms with Gasteiger partial charge in [-0.15, -0.1) is 11.3 Å². The highest BCUT2D eigenvalue weighted by Gasteiger charge is 2.04. The number of anilines is 1. The lowest BCUT2D eigenvalue weighted by Crippen LogP contribution is -1.90. The minimum atomic E-state index is 0.235. The number of nitrogens with one attached hydrogen (secondary N) is 1. The van der Waals surface area contributed by atoms with Crippen LogP contribution in [0.15, 0.2) is 59.0 Å². The first kappa shape index (κ1) is 15.1. The molecular weight excluding hydrogens is 310 g/mol. The van der Waals surface area contributed by atoms with Crippen molar-refractivity contribution >= 4 is 22.7 Å². The molecule has 5 nitrogen and oxygen atoms in total. The molecular formula is C17H15N3O2S.